The molecule has 0 aliphatic heterocycles. The first-order valence-electron chi connectivity index (χ1n) is 7.40. The number of aromatic nitrogens is 2. The quantitative estimate of drug-likeness (QED) is 0.853. The van der Waals surface area contributed by atoms with Crippen LogP contribution in [0.2, 0.25) is 0 Å². The number of anilines is 4. The van der Waals surface area contributed by atoms with E-state index in [-0.39, 0.29) is 0 Å². The molecule has 0 saturated carbocycles. The van der Waals surface area contributed by atoms with Crippen molar-refractivity contribution >= 4 is 23.0 Å². The summed E-state index contributed by atoms with van der Waals surface area (Å²) in [7, 11) is 0. The van der Waals surface area contributed by atoms with Crippen molar-refractivity contribution in [3.05, 3.63) is 36.2 Å². The number of nitrogens with one attached hydrogen (secondary N) is 1. The molecule has 1 aromatic heterocycles. The Kier molecular flexibility index (Phi) is 4.98. The van der Waals surface area contributed by atoms with E-state index in [0.717, 1.165) is 36.6 Å². The predicted molar refractivity (Wildman–Crippen MR) is 89.1 cm³/mol. The maximum atomic E-state index is 5.89. The minimum absolute atomic E-state index is 0.537. The van der Waals surface area contributed by atoms with Crippen LogP contribution in [0.15, 0.2) is 30.6 Å². The molecule has 0 saturated heterocycles. The van der Waals surface area contributed by atoms with Gasteiger partial charge < -0.3 is 16.0 Å². The third kappa shape index (κ3) is 3.42. The van der Waals surface area contributed by atoms with Crippen molar-refractivity contribution in [1.82, 2.24) is 9.97 Å². The van der Waals surface area contributed by atoms with Gasteiger partial charge in [-0.1, -0.05) is 6.92 Å². The zero-order chi connectivity index (χ0) is 15.2. The second-order valence-corrected chi connectivity index (χ2v) is 4.78. The maximum Gasteiger partial charge on any atom is 0.139 e. The van der Waals surface area contributed by atoms with E-state index in [0.29, 0.717) is 5.82 Å². The van der Waals surface area contributed by atoms with Crippen LogP contribution in [-0.4, -0.2) is 23.1 Å². The molecular weight excluding hydrogens is 262 g/mol. The molecule has 0 radical (unpaired) electrons. The number of hydrogen-bond acceptors (Lipinski definition) is 5. The minimum Gasteiger partial charge on any atom is -0.383 e. The lowest BCUT2D eigenvalue weighted by atomic mass is 10.2. The molecular formula is C16H23N5. The van der Waals surface area contributed by atoms with E-state index >= 15 is 0 Å². The molecule has 0 fully saturated rings. The largest absolute Gasteiger partial charge is 0.383 e. The van der Waals surface area contributed by atoms with E-state index in [4.69, 9.17) is 5.73 Å². The first-order chi connectivity index (χ1) is 10.2. The Hall–Kier alpha value is -2.30. The van der Waals surface area contributed by atoms with Gasteiger partial charge in [-0.2, -0.15) is 0 Å². The average Bonchev–Trinajstić information content (AvgIpc) is 2.50. The highest BCUT2D eigenvalue weighted by atomic mass is 15.1. The summed E-state index contributed by atoms with van der Waals surface area (Å²) in [4.78, 5) is 10.6. The van der Waals surface area contributed by atoms with Crippen molar-refractivity contribution < 1.29 is 0 Å². The van der Waals surface area contributed by atoms with Gasteiger partial charge in [0.2, 0.25) is 0 Å². The summed E-state index contributed by atoms with van der Waals surface area (Å²) < 4.78 is 0. The molecule has 2 rings (SSSR count). The lowest BCUT2D eigenvalue weighted by Crippen LogP contribution is -2.21. The summed E-state index contributed by atoms with van der Waals surface area (Å²) in [6.07, 6.45) is 2.29. The molecule has 1 heterocycles. The zero-order valence-corrected chi connectivity index (χ0v) is 12.9. The van der Waals surface area contributed by atoms with E-state index in [1.807, 2.05) is 6.92 Å². The molecule has 0 aliphatic carbocycles. The topological polar surface area (TPSA) is 67.1 Å². The zero-order valence-electron chi connectivity index (χ0n) is 12.9. The summed E-state index contributed by atoms with van der Waals surface area (Å²) >= 11 is 0. The fraction of sp³-hybridized carbons (Fsp3) is 0.375. The Labute approximate surface area is 126 Å². The summed E-state index contributed by atoms with van der Waals surface area (Å²) in [5, 5.41) is 3.32. The van der Waals surface area contributed by atoms with Crippen molar-refractivity contribution in [2.24, 2.45) is 0 Å². The van der Waals surface area contributed by atoms with Gasteiger partial charge in [-0.25, -0.2) is 9.97 Å². The number of nitrogen functional groups attached to an aromatic ring is 1. The second-order valence-electron chi connectivity index (χ2n) is 4.78. The smallest absolute Gasteiger partial charge is 0.139 e. The van der Waals surface area contributed by atoms with E-state index in [1.54, 1.807) is 0 Å². The number of nitrogens with zero attached hydrogens (tertiary/aromatic N) is 3. The molecule has 0 amide bonds. The fourth-order valence-electron chi connectivity index (χ4n) is 2.36. The van der Waals surface area contributed by atoms with Gasteiger partial charge in [0.15, 0.2) is 0 Å². The standard InChI is InChI=1S/C16H23N5/c1-4-14-15(17)18-11-19-16(14)20-12-7-9-13(10-8-12)21(5-2)6-3/h7-11H,4-6H2,1-3H3,(H3,17,18,19,20). The molecule has 3 N–H and O–H groups in total. The summed E-state index contributed by atoms with van der Waals surface area (Å²) in [5.41, 5.74) is 9.06. The molecule has 112 valence electrons. The van der Waals surface area contributed by atoms with E-state index in [2.05, 4.69) is 58.3 Å². The van der Waals surface area contributed by atoms with Crippen molar-refractivity contribution in [3.8, 4) is 0 Å². The Balaban J connectivity index is 2.19. The van der Waals surface area contributed by atoms with Crippen molar-refractivity contribution in [2.75, 3.05) is 29.0 Å². The maximum absolute atomic E-state index is 5.89. The normalized spacial score (nSPS) is 10.4. The van der Waals surface area contributed by atoms with Crippen LogP contribution in [0.1, 0.15) is 26.3 Å². The highest BCUT2D eigenvalue weighted by molar-refractivity contribution is 5.65. The summed E-state index contributed by atoms with van der Waals surface area (Å²) in [6.45, 7) is 8.38. The lowest BCUT2D eigenvalue weighted by Gasteiger charge is -2.21. The summed E-state index contributed by atoms with van der Waals surface area (Å²) in [5.74, 6) is 1.32. The van der Waals surface area contributed by atoms with E-state index in [9.17, 15) is 0 Å². The van der Waals surface area contributed by atoms with Crippen LogP contribution in [0.4, 0.5) is 23.0 Å². The van der Waals surface area contributed by atoms with Gasteiger partial charge in [-0.3, -0.25) is 0 Å². The number of rotatable bonds is 6. The molecule has 2 aromatic rings. The molecule has 5 heteroatoms. The van der Waals surface area contributed by atoms with Gasteiger partial charge in [0, 0.05) is 30.0 Å². The van der Waals surface area contributed by atoms with E-state index in [1.165, 1.54) is 12.0 Å². The van der Waals surface area contributed by atoms with Gasteiger partial charge in [0.1, 0.15) is 18.0 Å². The molecule has 0 unspecified atom stereocenters. The Morgan fingerprint density at radius 1 is 1.05 bits per heavy atom. The van der Waals surface area contributed by atoms with Gasteiger partial charge in [-0.05, 0) is 44.5 Å². The van der Waals surface area contributed by atoms with Gasteiger partial charge >= 0.3 is 0 Å². The molecule has 21 heavy (non-hydrogen) atoms. The number of benzene rings is 1. The molecule has 1 aromatic carbocycles. The predicted octanol–water partition coefficient (Wildman–Crippen LogP) is 3.21. The number of hydrogen-bond donors (Lipinski definition) is 2. The van der Waals surface area contributed by atoms with Crippen molar-refractivity contribution in [2.45, 2.75) is 27.2 Å². The van der Waals surface area contributed by atoms with Crippen LogP contribution in [0, 0.1) is 0 Å². The Morgan fingerprint density at radius 2 is 1.71 bits per heavy atom. The van der Waals surface area contributed by atoms with E-state index < -0.39 is 0 Å². The van der Waals surface area contributed by atoms with Crippen LogP contribution in [-0.2, 0) is 6.42 Å². The van der Waals surface area contributed by atoms with Gasteiger partial charge in [-0.15, -0.1) is 0 Å². The SMILES string of the molecule is CCc1c(N)ncnc1Nc1ccc(N(CC)CC)cc1. The molecule has 0 spiro atoms. The Bertz CT molecular complexity index is 576. The first kappa shape index (κ1) is 15.1. The highest BCUT2D eigenvalue weighted by Gasteiger charge is 2.08. The molecule has 0 bridgehead atoms. The van der Waals surface area contributed by atoms with Crippen LogP contribution in [0.5, 0.6) is 0 Å². The molecule has 0 atom stereocenters. The van der Waals surface area contributed by atoms with Gasteiger partial charge in [0.05, 0.1) is 0 Å². The first-order valence-corrected chi connectivity index (χ1v) is 7.40. The van der Waals surface area contributed by atoms with Crippen LogP contribution >= 0.6 is 0 Å². The van der Waals surface area contributed by atoms with Crippen molar-refractivity contribution in [1.29, 1.82) is 0 Å². The highest BCUT2D eigenvalue weighted by Crippen LogP contribution is 2.24. The lowest BCUT2D eigenvalue weighted by molar-refractivity contribution is 0.866. The van der Waals surface area contributed by atoms with Crippen LogP contribution < -0.4 is 16.0 Å². The number of nitrogens with two attached hydrogens (primary N) is 1. The second kappa shape index (κ2) is 6.92. The molecule has 0 aliphatic rings. The van der Waals surface area contributed by atoms with Crippen LogP contribution in [0.25, 0.3) is 0 Å². The Morgan fingerprint density at radius 3 is 2.29 bits per heavy atom. The molecule has 5 nitrogen and oxygen atoms in total. The van der Waals surface area contributed by atoms with Gasteiger partial charge in [0.25, 0.3) is 0 Å². The monoisotopic (exact) mass is 285 g/mol. The van der Waals surface area contributed by atoms with Crippen LogP contribution in [0.3, 0.4) is 0 Å². The third-order valence-electron chi connectivity index (χ3n) is 3.59. The fourth-order valence-corrected chi connectivity index (χ4v) is 2.36. The van der Waals surface area contributed by atoms with Crippen molar-refractivity contribution in [3.63, 3.8) is 0 Å². The minimum atomic E-state index is 0.537. The summed E-state index contributed by atoms with van der Waals surface area (Å²) in [6, 6.07) is 8.35. The average molecular weight is 285 g/mol. The third-order valence-corrected chi connectivity index (χ3v) is 3.59.